The van der Waals surface area contributed by atoms with Gasteiger partial charge in [0, 0.05) is 36.0 Å². The number of ether oxygens (including phenoxy) is 1. The van der Waals surface area contributed by atoms with Crippen LogP contribution in [0.4, 0.5) is 34.9 Å². The van der Waals surface area contributed by atoms with Gasteiger partial charge >= 0.3 is 6.18 Å². The molecule has 0 saturated heterocycles. The number of nitrogens with one attached hydrogen (secondary N) is 3. The number of fused-ring (bicyclic) bond motifs is 1. The molecule has 3 atom stereocenters. The first kappa shape index (κ1) is 28.1. The van der Waals surface area contributed by atoms with Gasteiger partial charge in [-0.1, -0.05) is 26.8 Å². The number of pyridine rings is 1. The first-order chi connectivity index (χ1) is 21.0. The monoisotopic (exact) mass is 627 g/mol. The van der Waals surface area contributed by atoms with E-state index in [2.05, 4.69) is 20.7 Å². The van der Waals surface area contributed by atoms with E-state index in [1.54, 1.807) is 20.1 Å². The largest absolute Gasteiger partial charge is 0.496 e. The van der Waals surface area contributed by atoms with Crippen LogP contribution in [0.15, 0.2) is 24.4 Å². The third-order valence-corrected chi connectivity index (χ3v) is 12.3. The summed E-state index contributed by atoms with van der Waals surface area (Å²) in [6.45, 7) is 6.01. The van der Waals surface area contributed by atoms with Gasteiger partial charge in [-0.3, -0.25) is 14.3 Å². The third-order valence-electron chi connectivity index (χ3n) is 7.82. The normalized spacial score (nSPS) is 19.2. The quantitative estimate of drug-likeness (QED) is 0.197. The van der Waals surface area contributed by atoms with Crippen LogP contribution in [0.1, 0.15) is 53.3 Å². The molecular formula is C28H36F4N6O4Si. The maximum absolute atomic E-state index is 14.7. The maximum Gasteiger partial charge on any atom is 0.417 e. The minimum absolute atomic E-state index is 0.0517. The summed E-state index contributed by atoms with van der Waals surface area (Å²) in [7, 11) is -0.215. The Morgan fingerprint density at radius 3 is 2.47 bits per heavy atom. The molecule has 2 amide bonds. The minimum atomic E-state index is -4.81. The van der Waals surface area contributed by atoms with Gasteiger partial charge in [0.2, 0.25) is 5.91 Å². The van der Waals surface area contributed by atoms with E-state index in [4.69, 9.17) is 13.3 Å². The van der Waals surface area contributed by atoms with E-state index in [0.29, 0.717) is 5.52 Å². The second kappa shape index (κ2) is 11.4. The number of aryl methyl sites for hydroxylation is 1. The zero-order valence-electron chi connectivity index (χ0n) is 27.7. The van der Waals surface area contributed by atoms with Crippen LogP contribution in [0.2, 0.25) is 18.1 Å². The summed E-state index contributed by atoms with van der Waals surface area (Å²) < 4.78 is 92.5. The summed E-state index contributed by atoms with van der Waals surface area (Å²) in [5.74, 6) is -2.89. The van der Waals surface area contributed by atoms with E-state index in [-0.39, 0.29) is 46.0 Å². The smallest absolute Gasteiger partial charge is 0.417 e. The lowest BCUT2D eigenvalue weighted by molar-refractivity contribution is -0.201. The van der Waals surface area contributed by atoms with Crippen LogP contribution in [0, 0.1) is 5.92 Å². The van der Waals surface area contributed by atoms with Gasteiger partial charge in [0.15, 0.2) is 20.2 Å². The third kappa shape index (κ3) is 6.46. The summed E-state index contributed by atoms with van der Waals surface area (Å²) in [6, 6.07) is 3.91. The van der Waals surface area contributed by atoms with Crippen LogP contribution < -0.4 is 20.7 Å². The van der Waals surface area contributed by atoms with Crippen molar-refractivity contribution >= 4 is 48.4 Å². The van der Waals surface area contributed by atoms with Crippen LogP contribution in [-0.4, -0.2) is 61.3 Å². The molecule has 3 N–H and O–H groups in total. The molecule has 2 aromatic heterocycles. The van der Waals surface area contributed by atoms with Gasteiger partial charge in [-0.2, -0.15) is 18.3 Å². The summed E-state index contributed by atoms with van der Waals surface area (Å²) in [4.78, 5) is 29.3. The summed E-state index contributed by atoms with van der Waals surface area (Å²) in [6.07, 6.45) is -7.39. The van der Waals surface area contributed by atoms with Crippen molar-refractivity contribution in [3.05, 3.63) is 35.5 Å². The standard InChI is InChI=1S/C28H36F4N6O4Si/c1-27(2,3)43(7,8)42-23(28(30,31)32)14-9-10-19-21(22(14)41-6)24(37-38(19)5)35-18-12-20(34-13-16(18)25(39)33-4)36-26(40)15-11-17(15)29/h9-10,12-13,15,17,23H,11H2,1-8H3,(H,33,39)(H2,34,35,36,37,40)/t15-,17+,23+/m1/s1/i4D3. The molecule has 43 heavy (non-hydrogen) atoms. The maximum atomic E-state index is 14.7. The fourth-order valence-corrected chi connectivity index (χ4v) is 5.49. The van der Waals surface area contributed by atoms with Crippen molar-refractivity contribution in [1.82, 2.24) is 20.1 Å². The number of methoxy groups -OCH3 is 1. The molecule has 4 rings (SSSR count). The van der Waals surface area contributed by atoms with E-state index in [1.807, 2.05) is 26.1 Å². The van der Waals surface area contributed by atoms with E-state index in [1.165, 1.54) is 30.0 Å². The second-order valence-electron chi connectivity index (χ2n) is 11.9. The molecule has 0 aliphatic heterocycles. The van der Waals surface area contributed by atoms with E-state index in [9.17, 15) is 27.2 Å². The zero-order chi connectivity index (χ0) is 34.6. The number of hydrogen-bond donors (Lipinski definition) is 3. The number of benzene rings is 1. The van der Waals surface area contributed by atoms with E-state index < -0.39 is 56.5 Å². The van der Waals surface area contributed by atoms with Crippen LogP contribution in [0.25, 0.3) is 10.9 Å². The van der Waals surface area contributed by atoms with Crippen molar-refractivity contribution < 1.29 is 40.4 Å². The molecule has 0 bridgehead atoms. The lowest BCUT2D eigenvalue weighted by Crippen LogP contribution is -2.44. The molecule has 0 radical (unpaired) electrons. The molecule has 15 heteroatoms. The highest BCUT2D eigenvalue weighted by atomic mass is 28.4. The Balaban J connectivity index is 1.86. The average molecular weight is 628 g/mol. The number of aromatic nitrogens is 3. The first-order valence-electron chi connectivity index (χ1n) is 14.9. The highest BCUT2D eigenvalue weighted by Gasteiger charge is 2.50. The van der Waals surface area contributed by atoms with Crippen molar-refractivity contribution in [3.63, 3.8) is 0 Å². The van der Waals surface area contributed by atoms with Gasteiger partial charge < -0.3 is 25.1 Å². The molecule has 1 fully saturated rings. The summed E-state index contributed by atoms with van der Waals surface area (Å²) in [5.41, 5.74) is -0.323. The van der Waals surface area contributed by atoms with Gasteiger partial charge in [0.25, 0.3) is 5.91 Å². The highest BCUT2D eigenvalue weighted by Crippen LogP contribution is 2.49. The molecule has 1 aromatic carbocycles. The summed E-state index contributed by atoms with van der Waals surface area (Å²) >= 11 is 0. The predicted molar refractivity (Wildman–Crippen MR) is 157 cm³/mol. The molecule has 1 aliphatic rings. The van der Waals surface area contributed by atoms with E-state index in [0.717, 1.165) is 6.20 Å². The lowest BCUT2D eigenvalue weighted by atomic mass is 10.0. The number of rotatable bonds is 9. The van der Waals surface area contributed by atoms with Crippen molar-refractivity contribution in [2.75, 3.05) is 24.7 Å². The highest BCUT2D eigenvalue weighted by molar-refractivity contribution is 6.74. The van der Waals surface area contributed by atoms with Crippen molar-refractivity contribution in [2.24, 2.45) is 13.0 Å². The van der Waals surface area contributed by atoms with Gasteiger partial charge in [-0.15, -0.1) is 0 Å². The van der Waals surface area contributed by atoms with Crippen LogP contribution in [-0.2, 0) is 16.3 Å². The first-order valence-corrected chi connectivity index (χ1v) is 16.3. The molecule has 2 heterocycles. The molecule has 3 aromatic rings. The Hall–Kier alpha value is -3.72. The Labute approximate surface area is 251 Å². The Morgan fingerprint density at radius 2 is 1.91 bits per heavy atom. The number of anilines is 3. The summed E-state index contributed by atoms with van der Waals surface area (Å²) in [5, 5.41) is 11.2. The van der Waals surface area contributed by atoms with Crippen LogP contribution in [0.3, 0.4) is 0 Å². The predicted octanol–water partition coefficient (Wildman–Crippen LogP) is 6.00. The van der Waals surface area contributed by atoms with Crippen molar-refractivity contribution in [3.8, 4) is 5.75 Å². The molecule has 1 aliphatic carbocycles. The number of hydrogen-bond acceptors (Lipinski definition) is 7. The van der Waals surface area contributed by atoms with Gasteiger partial charge in [-0.05, 0) is 30.6 Å². The molecule has 0 spiro atoms. The Bertz CT molecular complexity index is 1660. The molecule has 234 valence electrons. The van der Waals surface area contributed by atoms with Crippen LogP contribution in [0.5, 0.6) is 5.75 Å². The minimum Gasteiger partial charge on any atom is -0.496 e. The fraction of sp³-hybridized carbons (Fsp3) is 0.500. The Kier molecular flexibility index (Phi) is 7.45. The molecule has 0 unspecified atom stereocenters. The van der Waals surface area contributed by atoms with E-state index >= 15 is 0 Å². The van der Waals surface area contributed by atoms with Gasteiger partial charge in [-0.25, -0.2) is 9.37 Å². The number of amides is 2. The van der Waals surface area contributed by atoms with Crippen molar-refractivity contribution in [1.29, 1.82) is 0 Å². The van der Waals surface area contributed by atoms with Crippen LogP contribution >= 0.6 is 0 Å². The fourth-order valence-electron chi connectivity index (χ4n) is 4.29. The average Bonchev–Trinajstić information content (AvgIpc) is 3.56. The van der Waals surface area contributed by atoms with Gasteiger partial charge in [0.1, 0.15) is 17.7 Å². The SMILES string of the molecule is [2H]C([2H])([2H])NC(=O)c1cnc(NC(=O)[C@@H]2C[C@@H]2F)cc1Nc1nn(C)c2ccc([C@H](O[Si](C)(C)C(C)(C)C)C(F)(F)F)c(OC)c12. The Morgan fingerprint density at radius 1 is 1.23 bits per heavy atom. The molecular weight excluding hydrogens is 588 g/mol. The van der Waals surface area contributed by atoms with Gasteiger partial charge in [0.05, 0.1) is 35.2 Å². The molecule has 10 nitrogen and oxygen atoms in total. The zero-order valence-corrected chi connectivity index (χ0v) is 25.7. The number of halogens is 4. The number of carbonyl (C=O) groups excluding carboxylic acids is 2. The van der Waals surface area contributed by atoms with Crippen molar-refractivity contribution in [2.45, 2.75) is 63.8 Å². The number of carbonyl (C=O) groups is 2. The molecule has 1 saturated carbocycles. The lowest BCUT2D eigenvalue weighted by Gasteiger charge is -2.40. The number of nitrogens with zero attached hydrogens (tertiary/aromatic N) is 3. The number of alkyl halides is 4. The second-order valence-corrected chi connectivity index (χ2v) is 16.7. The topological polar surface area (TPSA) is 119 Å².